The monoisotopic (exact) mass is 300 g/mol. The van der Waals surface area contributed by atoms with E-state index < -0.39 is 5.97 Å². The number of carboxylic acids is 1. The van der Waals surface area contributed by atoms with E-state index in [1.165, 1.54) is 0 Å². The fourth-order valence-corrected chi connectivity index (χ4v) is 1.51. The van der Waals surface area contributed by atoms with Crippen LogP contribution in [0.25, 0.3) is 0 Å². The largest absolute Gasteiger partial charge is 2.00 e. The maximum atomic E-state index is 10.5. The SMILES string of the molecule is CC(=O)C1=[C-]CC=C1.O=C(O)CCC1=[C-]CC=C1.[Fe+2]. The van der Waals surface area contributed by atoms with Crippen LogP contribution in [-0.4, -0.2) is 16.9 Å². The Morgan fingerprint density at radius 3 is 2.21 bits per heavy atom. The van der Waals surface area contributed by atoms with Crippen LogP contribution in [0.3, 0.4) is 0 Å². The van der Waals surface area contributed by atoms with Crippen molar-refractivity contribution in [3.05, 3.63) is 47.6 Å². The molecule has 102 valence electrons. The summed E-state index contributed by atoms with van der Waals surface area (Å²) in [5.41, 5.74) is 1.76. The van der Waals surface area contributed by atoms with Gasteiger partial charge in [-0.1, -0.05) is 12.8 Å². The van der Waals surface area contributed by atoms with Gasteiger partial charge in [0, 0.05) is 12.2 Å². The number of aliphatic carboxylic acids is 1. The van der Waals surface area contributed by atoms with Crippen LogP contribution in [-0.2, 0) is 26.7 Å². The maximum Gasteiger partial charge on any atom is 2.00 e. The molecule has 0 bridgehead atoms. The summed E-state index contributed by atoms with van der Waals surface area (Å²) in [4.78, 5) is 20.6. The molecule has 0 aromatic heterocycles. The average Bonchev–Trinajstić information content (AvgIpc) is 3.00. The third-order valence-corrected chi connectivity index (χ3v) is 2.45. The van der Waals surface area contributed by atoms with Gasteiger partial charge < -0.3 is 9.90 Å². The molecule has 0 spiro atoms. The predicted octanol–water partition coefficient (Wildman–Crippen LogP) is 2.80. The van der Waals surface area contributed by atoms with E-state index in [1.54, 1.807) is 6.92 Å². The normalized spacial score (nSPS) is 15.0. The molecule has 0 heterocycles. The molecule has 0 unspecified atom stereocenters. The fraction of sp³-hybridized carbons (Fsp3) is 0.333. The molecular formula is C15H16FeO3. The summed E-state index contributed by atoms with van der Waals surface area (Å²) in [5.74, 6) is -0.631. The Balaban J connectivity index is 0.000000331. The summed E-state index contributed by atoms with van der Waals surface area (Å²) >= 11 is 0. The van der Waals surface area contributed by atoms with Crippen LogP contribution < -0.4 is 0 Å². The Bertz CT molecular complexity index is 442. The molecule has 0 aromatic carbocycles. The number of carboxylic acid groups (broad SMARTS) is 1. The van der Waals surface area contributed by atoms with E-state index in [0.29, 0.717) is 6.42 Å². The molecule has 2 aliphatic carbocycles. The van der Waals surface area contributed by atoms with Gasteiger partial charge in [0.25, 0.3) is 0 Å². The van der Waals surface area contributed by atoms with Gasteiger partial charge >= 0.3 is 23.0 Å². The van der Waals surface area contributed by atoms with Gasteiger partial charge in [0.15, 0.2) is 0 Å². The fourth-order valence-electron chi connectivity index (χ4n) is 1.51. The zero-order valence-corrected chi connectivity index (χ0v) is 11.9. The summed E-state index contributed by atoms with van der Waals surface area (Å²) in [6.45, 7) is 1.55. The van der Waals surface area contributed by atoms with Crippen LogP contribution in [0.5, 0.6) is 0 Å². The number of hydrogen-bond acceptors (Lipinski definition) is 2. The molecule has 2 rings (SSSR count). The molecule has 0 saturated carbocycles. The number of carbonyl (C=O) groups excluding carboxylic acids is 1. The first-order valence-electron chi connectivity index (χ1n) is 5.86. The Hall–Kier alpha value is -1.38. The molecule has 1 N–H and O–H groups in total. The second kappa shape index (κ2) is 9.54. The average molecular weight is 300 g/mol. The minimum Gasteiger partial charge on any atom is -0.481 e. The van der Waals surface area contributed by atoms with Crippen LogP contribution in [0.4, 0.5) is 0 Å². The quantitative estimate of drug-likeness (QED) is 0.641. The minimum absolute atomic E-state index is 0. The molecule has 3 nitrogen and oxygen atoms in total. The van der Waals surface area contributed by atoms with Crippen molar-refractivity contribution in [2.45, 2.75) is 32.6 Å². The van der Waals surface area contributed by atoms with Gasteiger partial charge in [0.1, 0.15) is 0 Å². The van der Waals surface area contributed by atoms with E-state index in [4.69, 9.17) is 5.11 Å². The molecule has 4 heteroatoms. The molecule has 0 aliphatic heterocycles. The molecule has 0 aromatic rings. The van der Waals surface area contributed by atoms with Crippen molar-refractivity contribution in [1.82, 2.24) is 0 Å². The first-order valence-corrected chi connectivity index (χ1v) is 5.86. The molecular weight excluding hydrogens is 284 g/mol. The third kappa shape index (κ3) is 7.60. The second-order valence-electron chi connectivity index (χ2n) is 3.96. The van der Waals surface area contributed by atoms with Crippen LogP contribution in [0.1, 0.15) is 32.6 Å². The van der Waals surface area contributed by atoms with Crippen LogP contribution in [0.15, 0.2) is 35.5 Å². The van der Waals surface area contributed by atoms with Gasteiger partial charge in [-0.2, -0.15) is 23.8 Å². The van der Waals surface area contributed by atoms with Crippen LogP contribution in [0, 0.1) is 12.2 Å². The first-order chi connectivity index (χ1) is 8.59. The van der Waals surface area contributed by atoms with Crippen LogP contribution >= 0.6 is 0 Å². The van der Waals surface area contributed by atoms with Crippen molar-refractivity contribution in [3.8, 4) is 0 Å². The van der Waals surface area contributed by atoms with Crippen molar-refractivity contribution in [3.63, 3.8) is 0 Å². The van der Waals surface area contributed by atoms with Crippen molar-refractivity contribution in [1.29, 1.82) is 0 Å². The number of carbonyl (C=O) groups is 2. The summed E-state index contributed by atoms with van der Waals surface area (Å²) in [7, 11) is 0. The second-order valence-corrected chi connectivity index (χ2v) is 3.96. The summed E-state index contributed by atoms with van der Waals surface area (Å²) in [5, 5.41) is 8.31. The standard InChI is InChI=1S/C8H9O2.C7H7O.Fe/c9-8(10)6-5-7-3-1-2-4-7;1-6(8)7-4-2-3-5-7;/h1,3H,2,5-6H2,(H,9,10);2,4H,3H2,1H3;/q2*-1;+2. The Morgan fingerprint density at radius 2 is 1.84 bits per heavy atom. The van der Waals surface area contributed by atoms with Crippen molar-refractivity contribution >= 4 is 11.8 Å². The topological polar surface area (TPSA) is 54.4 Å². The number of Topliss-reactive ketones (excluding diaryl/α,β-unsaturated/α-hetero) is 1. The zero-order chi connectivity index (χ0) is 13.4. The Morgan fingerprint density at radius 1 is 1.21 bits per heavy atom. The van der Waals surface area contributed by atoms with Crippen LogP contribution in [0.2, 0.25) is 0 Å². The van der Waals surface area contributed by atoms with Gasteiger partial charge in [-0.3, -0.25) is 10.9 Å². The number of allylic oxidation sites excluding steroid dienone is 8. The summed E-state index contributed by atoms with van der Waals surface area (Å²) in [6.07, 6.45) is 16.1. The van der Waals surface area contributed by atoms with E-state index in [0.717, 1.165) is 24.0 Å². The maximum absolute atomic E-state index is 10.5. The molecule has 0 fully saturated rings. The number of hydrogen-bond donors (Lipinski definition) is 1. The first kappa shape index (κ1) is 17.6. The molecule has 0 atom stereocenters. The minimum atomic E-state index is -0.741. The molecule has 0 saturated heterocycles. The van der Waals surface area contributed by atoms with Gasteiger partial charge in [0.2, 0.25) is 0 Å². The Labute approximate surface area is 124 Å². The van der Waals surface area contributed by atoms with Gasteiger partial charge in [-0.25, -0.2) is 11.6 Å². The third-order valence-electron chi connectivity index (χ3n) is 2.45. The molecule has 2 aliphatic rings. The predicted molar refractivity (Wildman–Crippen MR) is 68.6 cm³/mol. The van der Waals surface area contributed by atoms with Crippen molar-refractivity contribution in [2.75, 3.05) is 0 Å². The van der Waals surface area contributed by atoms with Gasteiger partial charge in [-0.05, 0) is 6.92 Å². The zero-order valence-electron chi connectivity index (χ0n) is 10.8. The van der Waals surface area contributed by atoms with E-state index in [9.17, 15) is 9.59 Å². The molecule has 19 heavy (non-hydrogen) atoms. The van der Waals surface area contributed by atoms with E-state index >= 15 is 0 Å². The number of rotatable bonds is 4. The van der Waals surface area contributed by atoms with Crippen molar-refractivity contribution in [2.24, 2.45) is 0 Å². The van der Waals surface area contributed by atoms with Crippen molar-refractivity contribution < 1.29 is 31.8 Å². The van der Waals surface area contributed by atoms with E-state index in [1.807, 2.05) is 24.3 Å². The van der Waals surface area contributed by atoms with E-state index in [-0.39, 0.29) is 29.3 Å². The molecule has 0 amide bonds. The Kier molecular flexibility index (Phi) is 8.84. The smallest absolute Gasteiger partial charge is 0.481 e. The van der Waals surface area contributed by atoms with Gasteiger partial charge in [0.05, 0.1) is 0 Å². The number of ketones is 1. The summed E-state index contributed by atoms with van der Waals surface area (Å²) < 4.78 is 0. The van der Waals surface area contributed by atoms with E-state index in [2.05, 4.69) is 12.2 Å². The molecule has 0 radical (unpaired) electrons. The summed E-state index contributed by atoms with van der Waals surface area (Å²) in [6, 6.07) is 0. The van der Waals surface area contributed by atoms with Gasteiger partial charge in [-0.15, -0.1) is 12.5 Å².